The second kappa shape index (κ2) is 7.44. The predicted octanol–water partition coefficient (Wildman–Crippen LogP) is 4.49. The number of nitrogens with two attached hydrogens (primary N) is 1. The van der Waals surface area contributed by atoms with Gasteiger partial charge in [0.1, 0.15) is 28.3 Å². The summed E-state index contributed by atoms with van der Waals surface area (Å²) >= 11 is 1.70. The van der Waals surface area contributed by atoms with Gasteiger partial charge in [-0.25, -0.2) is 9.97 Å². The van der Waals surface area contributed by atoms with Gasteiger partial charge in [-0.1, -0.05) is 18.2 Å². The van der Waals surface area contributed by atoms with E-state index in [4.69, 9.17) is 15.5 Å². The minimum atomic E-state index is 0.150. The van der Waals surface area contributed by atoms with Gasteiger partial charge in [0.15, 0.2) is 0 Å². The number of benzene rings is 1. The zero-order valence-electron chi connectivity index (χ0n) is 16.1. The average molecular weight is 383 g/mol. The molecule has 4 rings (SSSR count). The van der Waals surface area contributed by atoms with E-state index in [2.05, 4.69) is 30.7 Å². The van der Waals surface area contributed by atoms with Crippen LogP contribution in [0.1, 0.15) is 42.1 Å². The molecule has 1 fully saturated rings. The van der Waals surface area contributed by atoms with Crippen molar-refractivity contribution in [3.63, 3.8) is 0 Å². The largest absolute Gasteiger partial charge is 0.490 e. The number of likely N-dealkylation sites (tertiary alicyclic amines) is 1. The van der Waals surface area contributed by atoms with E-state index < -0.39 is 0 Å². The van der Waals surface area contributed by atoms with Crippen molar-refractivity contribution >= 4 is 27.4 Å². The fourth-order valence-electron chi connectivity index (χ4n) is 3.72. The van der Waals surface area contributed by atoms with Crippen LogP contribution in [0.15, 0.2) is 30.3 Å². The van der Waals surface area contributed by atoms with Crippen molar-refractivity contribution in [3.05, 3.63) is 46.6 Å². The highest BCUT2D eigenvalue weighted by Gasteiger charge is 2.27. The molecule has 6 heteroatoms. The number of ether oxygens (including phenoxy) is 1. The van der Waals surface area contributed by atoms with Crippen LogP contribution in [0.2, 0.25) is 0 Å². The van der Waals surface area contributed by atoms with Gasteiger partial charge >= 0.3 is 0 Å². The van der Waals surface area contributed by atoms with Crippen LogP contribution in [0.3, 0.4) is 0 Å². The molecule has 1 atom stereocenters. The third kappa shape index (κ3) is 3.64. The number of fused-ring (bicyclic) bond motifs is 1. The summed E-state index contributed by atoms with van der Waals surface area (Å²) in [5.74, 6) is 2.38. The molecule has 1 unspecified atom stereocenters. The summed E-state index contributed by atoms with van der Waals surface area (Å²) in [7, 11) is 0. The fourth-order valence-corrected chi connectivity index (χ4v) is 4.76. The molecular weight excluding hydrogens is 356 g/mol. The molecule has 0 spiro atoms. The number of anilines is 1. The first-order valence-electron chi connectivity index (χ1n) is 9.52. The third-order valence-electron chi connectivity index (χ3n) is 5.52. The standard InChI is InChI=1S/C21H26N4OS/c1-13-15(3)27-21-18(13)19(22)23-20(24-21)14(2)25-11-9-17(10-12-25)26-16-7-5-4-6-8-16/h4-8,14,17H,9-12H2,1-3H3,(H2,22,23,24). The Kier molecular flexibility index (Phi) is 5.02. The number of nitrogens with zero attached hydrogens (tertiary/aromatic N) is 3. The molecule has 1 aliphatic rings. The van der Waals surface area contributed by atoms with Crippen LogP contribution in [-0.4, -0.2) is 34.1 Å². The van der Waals surface area contributed by atoms with Crippen molar-refractivity contribution in [2.24, 2.45) is 0 Å². The van der Waals surface area contributed by atoms with Gasteiger partial charge in [-0.3, -0.25) is 4.90 Å². The topological polar surface area (TPSA) is 64.3 Å². The van der Waals surface area contributed by atoms with E-state index in [1.54, 1.807) is 11.3 Å². The lowest BCUT2D eigenvalue weighted by Gasteiger charge is -2.35. The number of aromatic nitrogens is 2. The van der Waals surface area contributed by atoms with Gasteiger partial charge in [0.25, 0.3) is 0 Å². The molecule has 3 aromatic rings. The number of thiophene rings is 1. The molecule has 0 aliphatic carbocycles. The predicted molar refractivity (Wildman–Crippen MR) is 111 cm³/mol. The summed E-state index contributed by atoms with van der Waals surface area (Å²) in [5, 5.41) is 1.02. The number of nitrogen functional groups attached to an aromatic ring is 1. The second-order valence-corrected chi connectivity index (χ2v) is 8.48. The highest BCUT2D eigenvalue weighted by atomic mass is 32.1. The summed E-state index contributed by atoms with van der Waals surface area (Å²) < 4.78 is 6.11. The van der Waals surface area contributed by atoms with Crippen LogP contribution in [0.5, 0.6) is 5.75 Å². The molecule has 0 bridgehead atoms. The summed E-state index contributed by atoms with van der Waals surface area (Å²) in [6, 6.07) is 10.2. The van der Waals surface area contributed by atoms with E-state index in [0.717, 1.165) is 47.7 Å². The fraction of sp³-hybridized carbons (Fsp3) is 0.429. The molecule has 2 aromatic heterocycles. The van der Waals surface area contributed by atoms with Gasteiger partial charge in [-0.2, -0.15) is 0 Å². The Morgan fingerprint density at radius 3 is 2.56 bits per heavy atom. The summed E-state index contributed by atoms with van der Waals surface area (Å²) in [6.45, 7) is 8.33. The number of piperidine rings is 1. The maximum Gasteiger partial charge on any atom is 0.149 e. The van der Waals surface area contributed by atoms with Gasteiger partial charge in [-0.05, 0) is 51.3 Å². The highest BCUT2D eigenvalue weighted by molar-refractivity contribution is 7.18. The monoisotopic (exact) mass is 382 g/mol. The average Bonchev–Trinajstić information content (AvgIpc) is 2.97. The van der Waals surface area contributed by atoms with Crippen LogP contribution >= 0.6 is 11.3 Å². The van der Waals surface area contributed by atoms with Crippen molar-refractivity contribution < 1.29 is 4.74 Å². The molecule has 0 amide bonds. The Morgan fingerprint density at radius 1 is 1.15 bits per heavy atom. The smallest absolute Gasteiger partial charge is 0.149 e. The lowest BCUT2D eigenvalue weighted by Crippen LogP contribution is -2.40. The Hall–Kier alpha value is -2.18. The molecule has 27 heavy (non-hydrogen) atoms. The van der Waals surface area contributed by atoms with Crippen LogP contribution in [0.4, 0.5) is 5.82 Å². The summed E-state index contributed by atoms with van der Waals surface area (Å²) in [6.07, 6.45) is 2.29. The molecular formula is C21H26N4OS. The van der Waals surface area contributed by atoms with Gasteiger partial charge in [0.2, 0.25) is 0 Å². The molecule has 1 aliphatic heterocycles. The number of aryl methyl sites for hydroxylation is 2. The quantitative estimate of drug-likeness (QED) is 0.720. The van der Waals surface area contributed by atoms with E-state index >= 15 is 0 Å². The normalized spacial score (nSPS) is 17.3. The van der Waals surface area contributed by atoms with E-state index in [-0.39, 0.29) is 12.1 Å². The first-order chi connectivity index (χ1) is 13.0. The molecule has 1 aromatic carbocycles. The van der Waals surface area contributed by atoms with Crippen molar-refractivity contribution in [3.8, 4) is 5.75 Å². The first kappa shape index (κ1) is 18.2. The SMILES string of the molecule is Cc1sc2nc(C(C)N3CCC(Oc4ccccc4)CC3)nc(N)c2c1C. The minimum Gasteiger partial charge on any atom is -0.490 e. The van der Waals surface area contributed by atoms with Gasteiger partial charge in [-0.15, -0.1) is 11.3 Å². The molecule has 3 heterocycles. The van der Waals surface area contributed by atoms with Crippen LogP contribution < -0.4 is 10.5 Å². The molecule has 0 radical (unpaired) electrons. The van der Waals surface area contributed by atoms with E-state index in [0.29, 0.717) is 5.82 Å². The van der Waals surface area contributed by atoms with Crippen molar-refractivity contribution in [2.75, 3.05) is 18.8 Å². The number of hydrogen-bond donors (Lipinski definition) is 1. The summed E-state index contributed by atoms with van der Waals surface area (Å²) in [4.78, 5) is 14.2. The van der Waals surface area contributed by atoms with Gasteiger partial charge in [0.05, 0.1) is 11.4 Å². The van der Waals surface area contributed by atoms with Gasteiger partial charge < -0.3 is 10.5 Å². The Morgan fingerprint density at radius 2 is 1.85 bits per heavy atom. The minimum absolute atomic E-state index is 0.150. The lowest BCUT2D eigenvalue weighted by atomic mass is 10.1. The van der Waals surface area contributed by atoms with Crippen LogP contribution in [0, 0.1) is 13.8 Å². The molecule has 5 nitrogen and oxygen atoms in total. The Bertz CT molecular complexity index is 932. The second-order valence-electron chi connectivity index (χ2n) is 7.27. The third-order valence-corrected chi connectivity index (χ3v) is 6.62. The van der Waals surface area contributed by atoms with Gasteiger partial charge in [0, 0.05) is 18.0 Å². The molecule has 0 saturated carbocycles. The lowest BCUT2D eigenvalue weighted by molar-refractivity contribution is 0.0776. The number of hydrogen-bond acceptors (Lipinski definition) is 6. The Labute approximate surface area is 164 Å². The molecule has 1 saturated heterocycles. The van der Waals surface area contributed by atoms with Crippen molar-refractivity contribution in [1.29, 1.82) is 0 Å². The van der Waals surface area contributed by atoms with E-state index in [1.807, 2.05) is 30.3 Å². The van der Waals surface area contributed by atoms with Crippen LogP contribution in [0.25, 0.3) is 10.2 Å². The van der Waals surface area contributed by atoms with E-state index in [1.165, 1.54) is 10.4 Å². The zero-order chi connectivity index (χ0) is 19.0. The first-order valence-corrected chi connectivity index (χ1v) is 10.3. The zero-order valence-corrected chi connectivity index (χ0v) is 16.9. The van der Waals surface area contributed by atoms with Crippen molar-refractivity contribution in [2.45, 2.75) is 45.8 Å². The molecule has 142 valence electrons. The molecule has 2 N–H and O–H groups in total. The van der Waals surface area contributed by atoms with Crippen LogP contribution in [-0.2, 0) is 0 Å². The maximum atomic E-state index is 6.26. The maximum absolute atomic E-state index is 6.26. The summed E-state index contributed by atoms with van der Waals surface area (Å²) in [5.41, 5.74) is 7.46. The highest BCUT2D eigenvalue weighted by Crippen LogP contribution is 2.34. The number of para-hydroxylation sites is 1. The number of rotatable bonds is 4. The Balaban J connectivity index is 1.45. The van der Waals surface area contributed by atoms with Crippen molar-refractivity contribution in [1.82, 2.24) is 14.9 Å². The van der Waals surface area contributed by atoms with E-state index in [9.17, 15) is 0 Å².